The topological polar surface area (TPSA) is 30.5 Å². The van der Waals surface area contributed by atoms with Crippen LogP contribution in [0.3, 0.4) is 0 Å². The van der Waals surface area contributed by atoms with Gasteiger partial charge < -0.3 is 20.4 Å². The van der Waals surface area contributed by atoms with Crippen molar-refractivity contribution < 1.29 is 0 Å². The maximum Gasteiger partial charge on any atom is 0.173 e. The average molecular weight is 457 g/mol. The molecule has 0 amide bonds. The van der Waals surface area contributed by atoms with Crippen LogP contribution in [0, 0.1) is 0 Å². The highest BCUT2D eigenvalue weighted by molar-refractivity contribution is 7.80. The van der Waals surface area contributed by atoms with Gasteiger partial charge in [-0.2, -0.15) is 0 Å². The van der Waals surface area contributed by atoms with Crippen LogP contribution in [0.25, 0.3) is 21.5 Å². The van der Waals surface area contributed by atoms with Crippen molar-refractivity contribution in [2.24, 2.45) is 0 Å². The van der Waals surface area contributed by atoms with Gasteiger partial charge in [-0.1, -0.05) is 72.8 Å². The van der Waals surface area contributed by atoms with Crippen molar-refractivity contribution in [3.05, 3.63) is 84.9 Å². The van der Waals surface area contributed by atoms with Gasteiger partial charge in [0, 0.05) is 48.3 Å². The summed E-state index contributed by atoms with van der Waals surface area (Å²) in [5, 5.41) is 13.2. The van der Waals surface area contributed by atoms with Gasteiger partial charge in [0.25, 0.3) is 0 Å². The summed E-state index contributed by atoms with van der Waals surface area (Å²) in [6.45, 7) is 3.31. The molecular weight excluding hydrogens is 432 g/mol. The molecule has 1 aliphatic heterocycles. The van der Waals surface area contributed by atoms with E-state index in [1.807, 2.05) is 0 Å². The van der Waals surface area contributed by atoms with Gasteiger partial charge >= 0.3 is 0 Å². The monoisotopic (exact) mass is 456 g/mol. The van der Waals surface area contributed by atoms with Crippen LogP contribution >= 0.6 is 24.4 Å². The predicted molar refractivity (Wildman–Crippen MR) is 143 cm³/mol. The number of benzene rings is 4. The molecule has 0 aliphatic carbocycles. The van der Waals surface area contributed by atoms with Gasteiger partial charge in [-0.15, -0.1) is 0 Å². The van der Waals surface area contributed by atoms with E-state index in [1.165, 1.54) is 21.5 Å². The highest BCUT2D eigenvalue weighted by atomic mass is 32.1. The maximum atomic E-state index is 5.73. The van der Waals surface area contributed by atoms with Crippen molar-refractivity contribution in [1.29, 1.82) is 0 Å². The predicted octanol–water partition coefficient (Wildman–Crippen LogP) is 5.70. The molecular formula is C26H24N4S2. The lowest BCUT2D eigenvalue weighted by Crippen LogP contribution is -2.52. The number of nitrogens with zero attached hydrogens (tertiary/aromatic N) is 2. The number of nitrogens with one attached hydrogen (secondary N) is 2. The molecule has 0 bridgehead atoms. The molecule has 1 saturated heterocycles. The Kier molecular flexibility index (Phi) is 5.88. The zero-order valence-corrected chi connectivity index (χ0v) is 19.3. The number of fused-ring (bicyclic) bond motifs is 2. The molecule has 0 spiro atoms. The Labute approximate surface area is 198 Å². The third-order valence-electron chi connectivity index (χ3n) is 5.92. The van der Waals surface area contributed by atoms with Gasteiger partial charge in [-0.25, -0.2) is 0 Å². The number of rotatable bonds is 2. The van der Waals surface area contributed by atoms with E-state index in [-0.39, 0.29) is 0 Å². The van der Waals surface area contributed by atoms with Gasteiger partial charge in [0.05, 0.1) is 0 Å². The van der Waals surface area contributed by atoms with Crippen LogP contribution < -0.4 is 10.6 Å². The van der Waals surface area contributed by atoms with E-state index in [4.69, 9.17) is 24.4 Å². The molecule has 5 rings (SSSR count). The normalized spacial score (nSPS) is 13.9. The van der Waals surface area contributed by atoms with Crippen molar-refractivity contribution in [3.8, 4) is 0 Å². The molecule has 0 radical (unpaired) electrons. The quantitative estimate of drug-likeness (QED) is 0.376. The van der Waals surface area contributed by atoms with Gasteiger partial charge in [-0.3, -0.25) is 0 Å². The van der Waals surface area contributed by atoms with Crippen LogP contribution in [0.15, 0.2) is 84.9 Å². The summed E-state index contributed by atoms with van der Waals surface area (Å²) in [5.41, 5.74) is 2.09. The smallest absolute Gasteiger partial charge is 0.173 e. The summed E-state index contributed by atoms with van der Waals surface area (Å²) in [6.07, 6.45) is 0. The molecule has 1 heterocycles. The van der Waals surface area contributed by atoms with E-state index in [2.05, 4.69) is 105 Å². The second kappa shape index (κ2) is 9.10. The third kappa shape index (κ3) is 4.24. The fourth-order valence-corrected chi connectivity index (χ4v) is 4.76. The second-order valence-corrected chi connectivity index (χ2v) is 8.66. The lowest BCUT2D eigenvalue weighted by molar-refractivity contribution is 0.264. The van der Waals surface area contributed by atoms with Gasteiger partial charge in [-0.05, 0) is 47.3 Å². The lowest BCUT2D eigenvalue weighted by atomic mass is 10.1. The summed E-state index contributed by atoms with van der Waals surface area (Å²) >= 11 is 11.5. The molecule has 2 N–H and O–H groups in total. The maximum absolute atomic E-state index is 5.73. The Morgan fingerprint density at radius 1 is 0.531 bits per heavy atom. The summed E-state index contributed by atoms with van der Waals surface area (Å²) in [7, 11) is 0. The van der Waals surface area contributed by atoms with Crippen LogP contribution in [-0.4, -0.2) is 46.2 Å². The van der Waals surface area contributed by atoms with Crippen molar-refractivity contribution in [3.63, 3.8) is 0 Å². The first-order valence-electron chi connectivity index (χ1n) is 10.8. The van der Waals surface area contributed by atoms with Crippen LogP contribution in [0.2, 0.25) is 0 Å². The summed E-state index contributed by atoms with van der Waals surface area (Å²) in [6, 6.07) is 29.2. The van der Waals surface area contributed by atoms with E-state index >= 15 is 0 Å². The standard InChI is InChI=1S/C26H24N4S2/c31-25(27-23-13-5-9-19-7-1-3-11-21(19)23)29-15-17-30(18-16-29)26(32)28-24-14-6-10-20-8-2-4-12-22(20)24/h1-14H,15-18H2,(H,27,31)(H,28,32). The molecule has 1 fully saturated rings. The first kappa shape index (κ1) is 20.7. The molecule has 160 valence electrons. The zero-order chi connectivity index (χ0) is 21.9. The Hall–Kier alpha value is -3.22. The SMILES string of the molecule is S=C(Nc1cccc2ccccc12)N1CCN(C(=S)Nc2cccc3ccccc23)CC1. The molecule has 0 aromatic heterocycles. The van der Waals surface area contributed by atoms with Crippen LogP contribution in [0.4, 0.5) is 11.4 Å². The minimum Gasteiger partial charge on any atom is -0.345 e. The molecule has 1 aliphatic rings. The van der Waals surface area contributed by atoms with Crippen molar-refractivity contribution in [2.75, 3.05) is 36.8 Å². The highest BCUT2D eigenvalue weighted by Gasteiger charge is 2.21. The molecule has 32 heavy (non-hydrogen) atoms. The van der Waals surface area contributed by atoms with Crippen LogP contribution in [-0.2, 0) is 0 Å². The van der Waals surface area contributed by atoms with Crippen molar-refractivity contribution >= 4 is 67.6 Å². The number of hydrogen-bond acceptors (Lipinski definition) is 2. The molecule has 0 saturated carbocycles. The minimum absolute atomic E-state index is 0.758. The first-order chi connectivity index (χ1) is 15.7. The largest absolute Gasteiger partial charge is 0.345 e. The number of hydrogen-bond donors (Lipinski definition) is 2. The second-order valence-electron chi connectivity index (χ2n) is 7.89. The average Bonchev–Trinajstić information content (AvgIpc) is 2.84. The van der Waals surface area contributed by atoms with E-state index in [0.29, 0.717) is 0 Å². The van der Waals surface area contributed by atoms with E-state index in [9.17, 15) is 0 Å². The minimum atomic E-state index is 0.758. The van der Waals surface area contributed by atoms with E-state index < -0.39 is 0 Å². The van der Waals surface area contributed by atoms with E-state index in [0.717, 1.165) is 47.8 Å². The summed E-state index contributed by atoms with van der Waals surface area (Å²) in [4.78, 5) is 4.43. The fraction of sp³-hybridized carbons (Fsp3) is 0.154. The van der Waals surface area contributed by atoms with Crippen molar-refractivity contribution in [1.82, 2.24) is 9.80 Å². The first-order valence-corrected chi connectivity index (χ1v) is 11.6. The van der Waals surface area contributed by atoms with Gasteiger partial charge in [0.2, 0.25) is 0 Å². The Morgan fingerprint density at radius 3 is 1.34 bits per heavy atom. The summed E-state index contributed by atoms with van der Waals surface area (Å²) in [5.74, 6) is 0. The van der Waals surface area contributed by atoms with Gasteiger partial charge in [0.1, 0.15) is 0 Å². The Balaban J connectivity index is 1.21. The zero-order valence-electron chi connectivity index (χ0n) is 17.6. The van der Waals surface area contributed by atoms with Crippen molar-refractivity contribution in [2.45, 2.75) is 0 Å². The molecule has 0 atom stereocenters. The third-order valence-corrected chi connectivity index (χ3v) is 6.64. The van der Waals surface area contributed by atoms with Gasteiger partial charge in [0.15, 0.2) is 10.2 Å². The molecule has 4 aromatic rings. The number of anilines is 2. The molecule has 4 nitrogen and oxygen atoms in total. The highest BCUT2D eigenvalue weighted by Crippen LogP contribution is 2.25. The Bertz CT molecular complexity index is 1180. The summed E-state index contributed by atoms with van der Waals surface area (Å²) < 4.78 is 0. The van der Waals surface area contributed by atoms with Crippen LogP contribution in [0.1, 0.15) is 0 Å². The number of piperazine rings is 1. The molecule has 4 aromatic carbocycles. The lowest BCUT2D eigenvalue weighted by Gasteiger charge is -2.37. The van der Waals surface area contributed by atoms with Crippen LogP contribution in [0.5, 0.6) is 0 Å². The number of thiocarbonyl (C=S) groups is 2. The Morgan fingerprint density at radius 2 is 0.906 bits per heavy atom. The molecule has 0 unspecified atom stereocenters. The molecule has 6 heteroatoms. The fourth-order valence-electron chi connectivity index (χ4n) is 4.17. The van der Waals surface area contributed by atoms with E-state index in [1.54, 1.807) is 0 Å².